The highest BCUT2D eigenvalue weighted by atomic mass is 32.1. The van der Waals surface area contributed by atoms with E-state index in [2.05, 4.69) is 32.0 Å². The fraction of sp³-hybridized carbons (Fsp3) is 0.188. The van der Waals surface area contributed by atoms with Gasteiger partial charge in [-0.05, 0) is 42.5 Å². The van der Waals surface area contributed by atoms with Crippen molar-refractivity contribution in [3.63, 3.8) is 0 Å². The molecule has 0 fully saturated rings. The summed E-state index contributed by atoms with van der Waals surface area (Å²) in [6.45, 7) is 4.80. The van der Waals surface area contributed by atoms with Gasteiger partial charge in [0.25, 0.3) is 5.56 Å². The van der Waals surface area contributed by atoms with Gasteiger partial charge in [-0.3, -0.25) is 4.79 Å². The number of nitrogens with zero attached hydrogens (tertiary/aromatic N) is 1. The maximum absolute atomic E-state index is 12.4. The third-order valence-corrected chi connectivity index (χ3v) is 4.32. The summed E-state index contributed by atoms with van der Waals surface area (Å²) in [5.41, 5.74) is 3.75. The van der Waals surface area contributed by atoms with Crippen LogP contribution in [0.3, 0.4) is 0 Å². The van der Waals surface area contributed by atoms with Gasteiger partial charge < -0.3 is 4.57 Å². The van der Waals surface area contributed by atoms with E-state index in [4.69, 9.17) is 0 Å². The molecule has 0 aliphatic carbocycles. The van der Waals surface area contributed by atoms with Crippen molar-refractivity contribution in [2.24, 2.45) is 0 Å². The lowest BCUT2D eigenvalue weighted by Crippen LogP contribution is -2.19. The number of aryl methyl sites for hydroxylation is 2. The lowest BCUT2D eigenvalue weighted by Gasteiger charge is -2.09. The van der Waals surface area contributed by atoms with E-state index in [9.17, 15) is 4.79 Å². The van der Waals surface area contributed by atoms with E-state index in [1.807, 2.05) is 23.7 Å². The van der Waals surface area contributed by atoms with Crippen LogP contribution in [0.2, 0.25) is 0 Å². The van der Waals surface area contributed by atoms with Crippen LogP contribution >= 0.6 is 11.3 Å². The molecule has 0 N–H and O–H groups in total. The highest BCUT2D eigenvalue weighted by Crippen LogP contribution is 2.17. The van der Waals surface area contributed by atoms with Crippen LogP contribution in [0.5, 0.6) is 0 Å². The van der Waals surface area contributed by atoms with Gasteiger partial charge in [0.2, 0.25) is 0 Å². The van der Waals surface area contributed by atoms with Crippen molar-refractivity contribution >= 4 is 21.4 Å². The molecule has 0 aliphatic heterocycles. The van der Waals surface area contributed by atoms with E-state index in [-0.39, 0.29) is 5.56 Å². The molecule has 3 aromatic rings. The molecule has 96 valence electrons. The highest BCUT2D eigenvalue weighted by Gasteiger charge is 2.06. The van der Waals surface area contributed by atoms with Crippen molar-refractivity contribution in [1.82, 2.24) is 4.57 Å². The van der Waals surface area contributed by atoms with Crippen LogP contribution < -0.4 is 5.56 Å². The number of rotatable bonds is 2. The van der Waals surface area contributed by atoms with Gasteiger partial charge >= 0.3 is 0 Å². The van der Waals surface area contributed by atoms with Crippen molar-refractivity contribution in [2.45, 2.75) is 20.4 Å². The molecule has 0 unspecified atom stereocenters. The Morgan fingerprint density at radius 3 is 2.84 bits per heavy atom. The molecule has 0 amide bonds. The molecule has 0 saturated heterocycles. The molecule has 2 aromatic heterocycles. The highest BCUT2D eigenvalue weighted by molar-refractivity contribution is 7.17. The van der Waals surface area contributed by atoms with Gasteiger partial charge in [-0.15, -0.1) is 11.3 Å². The molecule has 2 heterocycles. The van der Waals surface area contributed by atoms with E-state index >= 15 is 0 Å². The minimum Gasteiger partial charge on any atom is -0.310 e. The first-order valence-electron chi connectivity index (χ1n) is 6.28. The van der Waals surface area contributed by atoms with E-state index in [0.29, 0.717) is 6.54 Å². The normalized spacial score (nSPS) is 11.1. The van der Waals surface area contributed by atoms with Crippen LogP contribution in [-0.2, 0) is 6.54 Å². The number of benzene rings is 1. The van der Waals surface area contributed by atoms with Crippen LogP contribution in [0.4, 0.5) is 0 Å². The standard InChI is InChI=1S/C16H15NOS/c1-11-3-4-12(2)13(9-11)10-17-7-5-15-14(16(17)18)6-8-19-15/h3-9H,10H2,1-2H3. The van der Waals surface area contributed by atoms with E-state index in [1.54, 1.807) is 15.9 Å². The monoisotopic (exact) mass is 269 g/mol. The van der Waals surface area contributed by atoms with Gasteiger partial charge in [-0.1, -0.05) is 23.8 Å². The second-order valence-electron chi connectivity index (χ2n) is 4.88. The summed E-state index contributed by atoms with van der Waals surface area (Å²) in [5, 5.41) is 2.78. The number of thiophene rings is 1. The van der Waals surface area contributed by atoms with Crippen molar-refractivity contribution in [1.29, 1.82) is 0 Å². The summed E-state index contributed by atoms with van der Waals surface area (Å²) in [5.74, 6) is 0. The summed E-state index contributed by atoms with van der Waals surface area (Å²) >= 11 is 1.61. The maximum Gasteiger partial charge on any atom is 0.259 e. The number of hydrogen-bond donors (Lipinski definition) is 0. The fourth-order valence-electron chi connectivity index (χ4n) is 2.29. The minimum absolute atomic E-state index is 0.0969. The Morgan fingerprint density at radius 1 is 1.16 bits per heavy atom. The molecule has 0 atom stereocenters. The second-order valence-corrected chi connectivity index (χ2v) is 5.82. The first kappa shape index (κ1) is 12.2. The summed E-state index contributed by atoms with van der Waals surface area (Å²) < 4.78 is 2.85. The van der Waals surface area contributed by atoms with Crippen LogP contribution in [0.15, 0.2) is 46.7 Å². The number of pyridine rings is 1. The van der Waals surface area contributed by atoms with Gasteiger partial charge in [0.1, 0.15) is 0 Å². The topological polar surface area (TPSA) is 22.0 Å². The molecule has 0 bridgehead atoms. The van der Waals surface area contributed by atoms with Crippen LogP contribution in [0.1, 0.15) is 16.7 Å². The Hall–Kier alpha value is -1.87. The molecular weight excluding hydrogens is 254 g/mol. The molecule has 0 aliphatic rings. The lowest BCUT2D eigenvalue weighted by molar-refractivity contribution is 0.763. The summed E-state index contributed by atoms with van der Waals surface area (Å²) in [6.07, 6.45) is 1.89. The van der Waals surface area contributed by atoms with Crippen molar-refractivity contribution in [3.8, 4) is 0 Å². The third-order valence-electron chi connectivity index (χ3n) is 3.44. The van der Waals surface area contributed by atoms with Crippen LogP contribution in [0, 0.1) is 13.8 Å². The summed E-state index contributed by atoms with van der Waals surface area (Å²) in [6, 6.07) is 10.3. The number of aromatic nitrogens is 1. The van der Waals surface area contributed by atoms with Gasteiger partial charge in [-0.2, -0.15) is 0 Å². The summed E-state index contributed by atoms with van der Waals surface area (Å²) in [7, 11) is 0. The van der Waals surface area contributed by atoms with Gasteiger partial charge in [0, 0.05) is 10.9 Å². The maximum atomic E-state index is 12.4. The lowest BCUT2D eigenvalue weighted by atomic mass is 10.1. The van der Waals surface area contributed by atoms with Crippen LogP contribution in [0.25, 0.3) is 10.1 Å². The smallest absolute Gasteiger partial charge is 0.259 e. The zero-order chi connectivity index (χ0) is 13.4. The van der Waals surface area contributed by atoms with E-state index in [1.165, 1.54) is 16.7 Å². The Bertz CT molecular complexity index is 798. The Morgan fingerprint density at radius 2 is 2.00 bits per heavy atom. The number of hydrogen-bond acceptors (Lipinski definition) is 2. The molecule has 19 heavy (non-hydrogen) atoms. The quantitative estimate of drug-likeness (QED) is 0.695. The molecule has 0 saturated carbocycles. The average molecular weight is 269 g/mol. The largest absolute Gasteiger partial charge is 0.310 e. The van der Waals surface area contributed by atoms with Gasteiger partial charge in [0.05, 0.1) is 11.9 Å². The first-order chi connectivity index (χ1) is 9.15. The predicted octanol–water partition coefficient (Wildman–Crippen LogP) is 3.73. The molecule has 1 aromatic carbocycles. The Balaban J connectivity index is 2.08. The zero-order valence-corrected chi connectivity index (χ0v) is 11.8. The predicted molar refractivity (Wildman–Crippen MR) is 81.1 cm³/mol. The Labute approximate surface area is 115 Å². The average Bonchev–Trinajstić information content (AvgIpc) is 2.86. The zero-order valence-electron chi connectivity index (χ0n) is 11.0. The van der Waals surface area contributed by atoms with Crippen molar-refractivity contribution < 1.29 is 0 Å². The SMILES string of the molecule is Cc1ccc(C)c(Cn2ccc3sccc3c2=O)c1. The van der Waals surface area contributed by atoms with E-state index < -0.39 is 0 Å². The fourth-order valence-corrected chi connectivity index (χ4v) is 3.06. The van der Waals surface area contributed by atoms with Gasteiger partial charge in [0.15, 0.2) is 0 Å². The second kappa shape index (κ2) is 4.67. The van der Waals surface area contributed by atoms with Crippen molar-refractivity contribution in [3.05, 3.63) is 69.0 Å². The number of fused-ring (bicyclic) bond motifs is 1. The van der Waals surface area contributed by atoms with Crippen LogP contribution in [-0.4, -0.2) is 4.57 Å². The molecule has 3 heteroatoms. The molecule has 2 nitrogen and oxygen atoms in total. The molecule has 0 radical (unpaired) electrons. The van der Waals surface area contributed by atoms with E-state index in [0.717, 1.165) is 10.1 Å². The molecule has 3 rings (SSSR count). The summed E-state index contributed by atoms with van der Waals surface area (Å²) in [4.78, 5) is 12.4. The van der Waals surface area contributed by atoms with Crippen molar-refractivity contribution in [2.75, 3.05) is 0 Å². The first-order valence-corrected chi connectivity index (χ1v) is 7.16. The molecule has 0 spiro atoms. The van der Waals surface area contributed by atoms with Gasteiger partial charge in [-0.25, -0.2) is 0 Å². The molecular formula is C16H15NOS. The third kappa shape index (κ3) is 2.22. The minimum atomic E-state index is 0.0969. The Kier molecular flexibility index (Phi) is 2.99.